The number of rotatable bonds is 2. The van der Waals surface area contributed by atoms with Crippen molar-refractivity contribution >= 4 is 0 Å². The topological polar surface area (TPSA) is 110 Å². The highest BCUT2D eigenvalue weighted by Crippen LogP contribution is 2.28. The van der Waals surface area contributed by atoms with Crippen molar-refractivity contribution in [3.05, 3.63) is 0 Å². The van der Waals surface area contributed by atoms with Crippen molar-refractivity contribution in [1.82, 2.24) is 0 Å². The summed E-state index contributed by atoms with van der Waals surface area (Å²) in [7, 11) is 0. The molecule has 1 rings (SSSR count). The smallest absolute Gasteiger partial charge is 0.219 e. The number of ether oxygens (including phenoxy) is 1. The fourth-order valence-corrected chi connectivity index (χ4v) is 1.15. The zero-order valence-electron chi connectivity index (χ0n) is 6.29. The van der Waals surface area contributed by atoms with Crippen LogP contribution < -0.4 is 0 Å². The SMILES string of the molecule is OCC1O[C@@](O)(CO)C(O)[C@@H]1O. The molecule has 1 saturated heterocycles. The molecule has 12 heavy (non-hydrogen) atoms. The van der Waals surface area contributed by atoms with Gasteiger partial charge in [0.2, 0.25) is 5.79 Å². The highest BCUT2D eigenvalue weighted by molar-refractivity contribution is 4.94. The standard InChI is InChI=1S/C6H12O6/c7-1-3-4(9)5(10)6(11,2-8)12-3/h3-5,7-11H,1-2H2/t3?,4-,5?,6+/m1/s1. The third kappa shape index (κ3) is 1.33. The Labute approximate surface area is 68.6 Å². The van der Waals surface area contributed by atoms with E-state index in [0.29, 0.717) is 0 Å². The minimum atomic E-state index is -2.16. The predicted octanol–water partition coefficient (Wildman–Crippen LogP) is -3.22. The van der Waals surface area contributed by atoms with Crippen molar-refractivity contribution in [2.45, 2.75) is 24.1 Å². The van der Waals surface area contributed by atoms with Gasteiger partial charge in [-0.15, -0.1) is 0 Å². The summed E-state index contributed by atoms with van der Waals surface area (Å²) in [5.41, 5.74) is 0. The quantitative estimate of drug-likeness (QED) is 0.306. The van der Waals surface area contributed by atoms with E-state index in [2.05, 4.69) is 4.74 Å². The lowest BCUT2D eigenvalue weighted by Gasteiger charge is -2.22. The Kier molecular flexibility index (Phi) is 2.67. The molecular formula is C6H12O6. The molecule has 6 heteroatoms. The molecular weight excluding hydrogens is 168 g/mol. The summed E-state index contributed by atoms with van der Waals surface area (Å²) < 4.78 is 4.63. The fourth-order valence-electron chi connectivity index (χ4n) is 1.15. The largest absolute Gasteiger partial charge is 0.394 e. The van der Waals surface area contributed by atoms with Crippen LogP contribution in [-0.4, -0.2) is 62.8 Å². The van der Waals surface area contributed by atoms with Crippen molar-refractivity contribution in [2.24, 2.45) is 0 Å². The van der Waals surface area contributed by atoms with Crippen LogP contribution in [0.5, 0.6) is 0 Å². The average Bonchev–Trinajstić information content (AvgIpc) is 2.31. The number of aliphatic hydroxyl groups is 5. The second-order valence-electron chi connectivity index (χ2n) is 2.78. The molecule has 0 saturated carbocycles. The third-order valence-electron chi connectivity index (χ3n) is 1.93. The van der Waals surface area contributed by atoms with Crippen LogP contribution >= 0.6 is 0 Å². The molecule has 0 spiro atoms. The zero-order chi connectivity index (χ0) is 9.35. The van der Waals surface area contributed by atoms with Crippen LogP contribution in [0.1, 0.15) is 0 Å². The maximum Gasteiger partial charge on any atom is 0.219 e. The molecule has 1 heterocycles. The van der Waals surface area contributed by atoms with E-state index in [0.717, 1.165) is 0 Å². The lowest BCUT2D eigenvalue weighted by molar-refractivity contribution is -0.248. The molecule has 0 aromatic heterocycles. The van der Waals surface area contributed by atoms with Gasteiger partial charge >= 0.3 is 0 Å². The van der Waals surface area contributed by atoms with Gasteiger partial charge < -0.3 is 30.3 Å². The molecule has 0 bridgehead atoms. The van der Waals surface area contributed by atoms with E-state index < -0.39 is 37.3 Å². The molecule has 72 valence electrons. The Morgan fingerprint density at radius 1 is 1.25 bits per heavy atom. The number of hydrogen-bond donors (Lipinski definition) is 5. The molecule has 0 amide bonds. The average molecular weight is 180 g/mol. The van der Waals surface area contributed by atoms with E-state index in [1.54, 1.807) is 0 Å². The maximum absolute atomic E-state index is 9.25. The molecule has 0 aromatic rings. The van der Waals surface area contributed by atoms with Crippen LogP contribution in [0, 0.1) is 0 Å². The van der Waals surface area contributed by atoms with Crippen LogP contribution in [0.2, 0.25) is 0 Å². The fraction of sp³-hybridized carbons (Fsp3) is 1.00. The van der Waals surface area contributed by atoms with Gasteiger partial charge in [0.1, 0.15) is 18.3 Å². The highest BCUT2D eigenvalue weighted by atomic mass is 16.7. The van der Waals surface area contributed by atoms with Crippen molar-refractivity contribution in [3.63, 3.8) is 0 Å². The van der Waals surface area contributed by atoms with Gasteiger partial charge in [-0.2, -0.15) is 0 Å². The van der Waals surface area contributed by atoms with Gasteiger partial charge in [-0.3, -0.25) is 0 Å². The Morgan fingerprint density at radius 2 is 1.83 bits per heavy atom. The van der Waals surface area contributed by atoms with Crippen molar-refractivity contribution < 1.29 is 30.3 Å². The van der Waals surface area contributed by atoms with Gasteiger partial charge in [0.15, 0.2) is 0 Å². The third-order valence-corrected chi connectivity index (χ3v) is 1.93. The van der Waals surface area contributed by atoms with Crippen molar-refractivity contribution in [3.8, 4) is 0 Å². The normalized spacial score (nSPS) is 48.2. The molecule has 2 unspecified atom stereocenters. The highest BCUT2D eigenvalue weighted by Gasteiger charge is 2.52. The van der Waals surface area contributed by atoms with Crippen LogP contribution in [0.25, 0.3) is 0 Å². The Morgan fingerprint density at radius 3 is 2.08 bits per heavy atom. The molecule has 4 atom stereocenters. The lowest BCUT2D eigenvalue weighted by Crippen LogP contribution is -2.46. The van der Waals surface area contributed by atoms with E-state index in [1.165, 1.54) is 0 Å². The molecule has 0 radical (unpaired) electrons. The van der Waals surface area contributed by atoms with E-state index in [-0.39, 0.29) is 0 Å². The molecule has 1 fully saturated rings. The molecule has 0 aliphatic carbocycles. The summed E-state index contributed by atoms with van der Waals surface area (Å²) in [4.78, 5) is 0. The first-order valence-corrected chi connectivity index (χ1v) is 3.53. The molecule has 6 nitrogen and oxygen atoms in total. The first-order chi connectivity index (χ1) is 5.55. The summed E-state index contributed by atoms with van der Waals surface area (Å²) in [6, 6.07) is 0. The van der Waals surface area contributed by atoms with Crippen LogP contribution in [0.15, 0.2) is 0 Å². The molecule has 1 aliphatic rings. The lowest BCUT2D eigenvalue weighted by atomic mass is 10.1. The Hall–Kier alpha value is -0.240. The second-order valence-corrected chi connectivity index (χ2v) is 2.78. The van der Waals surface area contributed by atoms with Crippen molar-refractivity contribution in [1.29, 1.82) is 0 Å². The van der Waals surface area contributed by atoms with Gasteiger partial charge in [0.25, 0.3) is 0 Å². The van der Waals surface area contributed by atoms with E-state index in [1.807, 2.05) is 0 Å². The zero-order valence-corrected chi connectivity index (χ0v) is 6.29. The van der Waals surface area contributed by atoms with Gasteiger partial charge in [-0.1, -0.05) is 0 Å². The Bertz CT molecular complexity index is 162. The van der Waals surface area contributed by atoms with Crippen LogP contribution in [-0.2, 0) is 4.74 Å². The van der Waals surface area contributed by atoms with Crippen LogP contribution in [0.4, 0.5) is 0 Å². The molecule has 1 aliphatic heterocycles. The molecule has 5 N–H and O–H groups in total. The van der Waals surface area contributed by atoms with Gasteiger partial charge in [-0.05, 0) is 0 Å². The number of hydrogen-bond acceptors (Lipinski definition) is 6. The second kappa shape index (κ2) is 3.25. The maximum atomic E-state index is 9.25. The Balaban J connectivity index is 2.72. The minimum absolute atomic E-state index is 0.527. The summed E-state index contributed by atoms with van der Waals surface area (Å²) in [6.45, 7) is -1.36. The predicted molar refractivity (Wildman–Crippen MR) is 36.0 cm³/mol. The summed E-state index contributed by atoms with van der Waals surface area (Å²) in [5, 5.41) is 44.7. The molecule has 0 aromatic carbocycles. The monoisotopic (exact) mass is 180 g/mol. The summed E-state index contributed by atoms with van der Waals surface area (Å²) in [6.07, 6.45) is -4.04. The van der Waals surface area contributed by atoms with E-state index in [4.69, 9.17) is 20.4 Å². The van der Waals surface area contributed by atoms with E-state index >= 15 is 0 Å². The van der Waals surface area contributed by atoms with Crippen molar-refractivity contribution in [2.75, 3.05) is 13.2 Å². The first-order valence-electron chi connectivity index (χ1n) is 3.53. The number of aliphatic hydroxyl groups excluding tert-OH is 4. The van der Waals surface area contributed by atoms with E-state index in [9.17, 15) is 5.11 Å². The van der Waals surface area contributed by atoms with Crippen LogP contribution in [0.3, 0.4) is 0 Å². The first kappa shape index (κ1) is 9.85. The minimum Gasteiger partial charge on any atom is -0.394 e. The van der Waals surface area contributed by atoms with Gasteiger partial charge in [0.05, 0.1) is 13.2 Å². The summed E-state index contributed by atoms with van der Waals surface area (Å²) >= 11 is 0. The van der Waals surface area contributed by atoms with Gasteiger partial charge in [-0.25, -0.2) is 0 Å². The van der Waals surface area contributed by atoms with Gasteiger partial charge in [0, 0.05) is 0 Å². The summed E-state index contributed by atoms with van der Waals surface area (Å²) in [5.74, 6) is -2.16.